The molecule has 0 bridgehead atoms. The summed E-state index contributed by atoms with van der Waals surface area (Å²) in [4.78, 5) is 0. The summed E-state index contributed by atoms with van der Waals surface area (Å²) < 4.78 is 0.995. The molecule has 0 heterocycles. The predicted octanol–water partition coefficient (Wildman–Crippen LogP) is 4.74. The van der Waals surface area contributed by atoms with Gasteiger partial charge in [0.1, 0.15) is 6.04 Å². The molecule has 0 amide bonds. The normalized spacial score (nSPS) is 11.7. The van der Waals surface area contributed by atoms with Crippen molar-refractivity contribution in [1.29, 1.82) is 5.26 Å². The highest BCUT2D eigenvalue weighted by Crippen LogP contribution is 2.24. The molecule has 96 valence electrons. The Morgan fingerprint density at radius 3 is 2.58 bits per heavy atom. The number of nitrogens with one attached hydrogen (secondary N) is 1. The second-order valence-electron chi connectivity index (χ2n) is 4.58. The van der Waals surface area contributed by atoms with Gasteiger partial charge in [0.2, 0.25) is 0 Å². The fourth-order valence-corrected chi connectivity index (χ4v) is 2.47. The Kier molecular flexibility index (Phi) is 4.24. The summed E-state index contributed by atoms with van der Waals surface area (Å²) >= 11 is 3.43. The average Bonchev–Trinajstić information content (AvgIpc) is 2.37. The summed E-state index contributed by atoms with van der Waals surface area (Å²) in [6, 6.07) is 16.0. The Morgan fingerprint density at radius 1 is 1.16 bits per heavy atom. The highest BCUT2D eigenvalue weighted by molar-refractivity contribution is 9.10. The molecule has 19 heavy (non-hydrogen) atoms. The van der Waals surface area contributed by atoms with E-state index in [0.717, 1.165) is 21.3 Å². The summed E-state index contributed by atoms with van der Waals surface area (Å²) in [5.41, 5.74) is 4.29. The zero-order valence-electron chi connectivity index (χ0n) is 10.9. The minimum Gasteiger partial charge on any atom is -0.366 e. The lowest BCUT2D eigenvalue weighted by Gasteiger charge is -2.16. The quantitative estimate of drug-likeness (QED) is 0.888. The van der Waals surface area contributed by atoms with Gasteiger partial charge in [0.15, 0.2) is 0 Å². The third-order valence-corrected chi connectivity index (χ3v) is 3.49. The van der Waals surface area contributed by atoms with Gasteiger partial charge in [-0.1, -0.05) is 45.8 Å². The Labute approximate surface area is 122 Å². The molecule has 0 aromatic heterocycles. The lowest BCUT2D eigenvalue weighted by Crippen LogP contribution is -2.10. The van der Waals surface area contributed by atoms with Gasteiger partial charge in [-0.05, 0) is 43.2 Å². The molecule has 0 aliphatic heterocycles. The maximum absolute atomic E-state index is 9.38. The van der Waals surface area contributed by atoms with Gasteiger partial charge in [-0.15, -0.1) is 0 Å². The summed E-state index contributed by atoms with van der Waals surface area (Å²) in [5.74, 6) is 0. The van der Waals surface area contributed by atoms with Crippen LogP contribution >= 0.6 is 15.9 Å². The van der Waals surface area contributed by atoms with Gasteiger partial charge in [0.05, 0.1) is 6.07 Å². The Bertz CT molecular complexity index is 629. The SMILES string of the molecule is Cc1ccc(C(C#N)Nc2cccc(Br)c2)c(C)c1. The van der Waals surface area contributed by atoms with Crippen LogP contribution in [-0.4, -0.2) is 0 Å². The average molecular weight is 315 g/mol. The van der Waals surface area contributed by atoms with Gasteiger partial charge in [-0.2, -0.15) is 5.26 Å². The topological polar surface area (TPSA) is 35.8 Å². The van der Waals surface area contributed by atoms with Crippen LogP contribution in [0.2, 0.25) is 0 Å². The number of benzene rings is 2. The maximum Gasteiger partial charge on any atom is 0.140 e. The Hall–Kier alpha value is -1.79. The first kappa shape index (κ1) is 13.6. The first-order chi connectivity index (χ1) is 9.10. The van der Waals surface area contributed by atoms with Gasteiger partial charge >= 0.3 is 0 Å². The highest BCUT2D eigenvalue weighted by Gasteiger charge is 2.12. The monoisotopic (exact) mass is 314 g/mol. The van der Waals surface area contributed by atoms with Crippen LogP contribution in [0.1, 0.15) is 22.7 Å². The van der Waals surface area contributed by atoms with Gasteiger partial charge in [-0.3, -0.25) is 0 Å². The van der Waals surface area contributed by atoms with Crippen molar-refractivity contribution in [2.24, 2.45) is 0 Å². The van der Waals surface area contributed by atoms with Crippen molar-refractivity contribution in [3.63, 3.8) is 0 Å². The number of nitrogens with zero attached hydrogens (tertiary/aromatic N) is 1. The molecule has 2 aromatic rings. The molecule has 1 atom stereocenters. The lowest BCUT2D eigenvalue weighted by molar-refractivity contribution is 0.979. The molecule has 2 aromatic carbocycles. The predicted molar refractivity (Wildman–Crippen MR) is 82.0 cm³/mol. The highest BCUT2D eigenvalue weighted by atomic mass is 79.9. The van der Waals surface area contributed by atoms with Crippen molar-refractivity contribution >= 4 is 21.6 Å². The number of rotatable bonds is 3. The van der Waals surface area contributed by atoms with Crippen molar-refractivity contribution < 1.29 is 0 Å². The second kappa shape index (κ2) is 5.90. The molecule has 1 N–H and O–H groups in total. The van der Waals surface area contributed by atoms with Crippen LogP contribution in [0, 0.1) is 25.2 Å². The zero-order chi connectivity index (χ0) is 13.8. The Balaban J connectivity index is 2.28. The minimum absolute atomic E-state index is 0.338. The van der Waals surface area contributed by atoms with Crippen LogP contribution in [0.5, 0.6) is 0 Å². The molecule has 0 radical (unpaired) electrons. The number of hydrogen-bond acceptors (Lipinski definition) is 2. The van der Waals surface area contributed by atoms with Crippen LogP contribution in [-0.2, 0) is 0 Å². The number of halogens is 1. The standard InChI is InChI=1S/C16H15BrN2/c1-11-6-7-15(12(2)8-11)16(10-18)19-14-5-3-4-13(17)9-14/h3-9,16,19H,1-2H3. The molecule has 0 saturated heterocycles. The van der Waals surface area contributed by atoms with Crippen LogP contribution in [0.3, 0.4) is 0 Å². The molecule has 0 aliphatic rings. The third kappa shape index (κ3) is 3.36. The van der Waals surface area contributed by atoms with E-state index in [2.05, 4.69) is 40.3 Å². The number of hydrogen-bond donors (Lipinski definition) is 1. The molecule has 0 saturated carbocycles. The first-order valence-electron chi connectivity index (χ1n) is 6.09. The van der Waals surface area contributed by atoms with Gasteiger partial charge in [-0.25, -0.2) is 0 Å². The van der Waals surface area contributed by atoms with Crippen LogP contribution < -0.4 is 5.32 Å². The van der Waals surface area contributed by atoms with Crippen molar-refractivity contribution in [1.82, 2.24) is 0 Å². The summed E-state index contributed by atoms with van der Waals surface area (Å²) in [6.45, 7) is 4.09. The van der Waals surface area contributed by atoms with E-state index in [0.29, 0.717) is 0 Å². The minimum atomic E-state index is -0.338. The van der Waals surface area contributed by atoms with Gasteiger partial charge in [0, 0.05) is 10.2 Å². The van der Waals surface area contributed by atoms with Crippen molar-refractivity contribution in [3.05, 3.63) is 63.6 Å². The second-order valence-corrected chi connectivity index (χ2v) is 5.49. The summed E-state index contributed by atoms with van der Waals surface area (Å²) in [7, 11) is 0. The molecule has 2 nitrogen and oxygen atoms in total. The fraction of sp³-hybridized carbons (Fsp3) is 0.188. The van der Waals surface area contributed by atoms with E-state index in [1.54, 1.807) is 0 Å². The Morgan fingerprint density at radius 2 is 1.95 bits per heavy atom. The van der Waals surface area contributed by atoms with Gasteiger partial charge in [0.25, 0.3) is 0 Å². The number of anilines is 1. The van der Waals surface area contributed by atoms with E-state index >= 15 is 0 Å². The molecular formula is C16H15BrN2. The molecule has 2 rings (SSSR count). The van der Waals surface area contributed by atoms with E-state index in [1.807, 2.05) is 43.3 Å². The van der Waals surface area contributed by atoms with Crippen LogP contribution in [0.25, 0.3) is 0 Å². The smallest absolute Gasteiger partial charge is 0.140 e. The van der Waals surface area contributed by atoms with E-state index in [1.165, 1.54) is 5.56 Å². The van der Waals surface area contributed by atoms with Crippen LogP contribution in [0.15, 0.2) is 46.9 Å². The maximum atomic E-state index is 9.38. The molecule has 0 aliphatic carbocycles. The molecule has 0 spiro atoms. The van der Waals surface area contributed by atoms with E-state index in [-0.39, 0.29) is 6.04 Å². The number of nitriles is 1. The lowest BCUT2D eigenvalue weighted by atomic mass is 10.00. The van der Waals surface area contributed by atoms with Gasteiger partial charge < -0.3 is 5.32 Å². The fourth-order valence-electron chi connectivity index (χ4n) is 2.07. The van der Waals surface area contributed by atoms with E-state index in [9.17, 15) is 5.26 Å². The zero-order valence-corrected chi connectivity index (χ0v) is 12.5. The molecule has 1 unspecified atom stereocenters. The number of aryl methyl sites for hydroxylation is 2. The van der Waals surface area contributed by atoms with E-state index in [4.69, 9.17) is 0 Å². The third-order valence-electron chi connectivity index (χ3n) is 3.00. The summed E-state index contributed by atoms with van der Waals surface area (Å²) in [5, 5.41) is 12.6. The first-order valence-corrected chi connectivity index (χ1v) is 6.88. The van der Waals surface area contributed by atoms with Crippen molar-refractivity contribution in [2.75, 3.05) is 5.32 Å². The van der Waals surface area contributed by atoms with Crippen molar-refractivity contribution in [2.45, 2.75) is 19.9 Å². The summed E-state index contributed by atoms with van der Waals surface area (Å²) in [6.07, 6.45) is 0. The molecule has 0 fully saturated rings. The molecule has 3 heteroatoms. The largest absolute Gasteiger partial charge is 0.366 e. The van der Waals surface area contributed by atoms with Crippen LogP contribution in [0.4, 0.5) is 5.69 Å². The van der Waals surface area contributed by atoms with Crippen molar-refractivity contribution in [3.8, 4) is 6.07 Å². The molecular weight excluding hydrogens is 300 g/mol. The van der Waals surface area contributed by atoms with E-state index < -0.39 is 0 Å².